The van der Waals surface area contributed by atoms with E-state index in [0.29, 0.717) is 55.4 Å². The molecule has 10 nitrogen and oxygen atoms in total. The Hall–Kier alpha value is -3.89. The van der Waals surface area contributed by atoms with Crippen molar-refractivity contribution in [2.24, 2.45) is 5.73 Å². The molecule has 0 radical (unpaired) electrons. The van der Waals surface area contributed by atoms with Gasteiger partial charge in [-0.25, -0.2) is 0 Å². The molecule has 4 rings (SSSR count). The summed E-state index contributed by atoms with van der Waals surface area (Å²) in [6.07, 6.45) is 2.61. The Balaban J connectivity index is 1.65. The van der Waals surface area contributed by atoms with E-state index in [9.17, 15) is 19.5 Å². The number of aryl methyl sites for hydroxylation is 1. The molecule has 220 valence electrons. The largest absolute Gasteiger partial charge is 0.507 e. The number of ether oxygens (including phenoxy) is 3. The number of hydrogen-bond acceptors (Lipinski definition) is 8. The average molecular weight is 566 g/mol. The van der Waals surface area contributed by atoms with Gasteiger partial charge < -0.3 is 30.0 Å². The number of unbranched alkanes of at least 4 members (excludes halogenated alkanes) is 1. The Labute approximate surface area is 240 Å². The van der Waals surface area contributed by atoms with Crippen LogP contribution in [0.2, 0.25) is 0 Å². The molecule has 2 aromatic carbocycles. The molecule has 2 aliphatic rings. The number of nitrogens with zero attached hydrogens (tertiary/aromatic N) is 2. The van der Waals surface area contributed by atoms with Gasteiger partial charge in [-0.1, -0.05) is 25.5 Å². The summed E-state index contributed by atoms with van der Waals surface area (Å²) in [6, 6.07) is 11.3. The lowest BCUT2D eigenvalue weighted by atomic mass is 9.93. The Morgan fingerprint density at radius 1 is 1.02 bits per heavy atom. The third kappa shape index (κ3) is 7.45. The molecule has 2 heterocycles. The van der Waals surface area contributed by atoms with Gasteiger partial charge in [0, 0.05) is 31.7 Å². The van der Waals surface area contributed by atoms with Crippen molar-refractivity contribution in [1.82, 2.24) is 9.80 Å². The van der Waals surface area contributed by atoms with E-state index in [1.54, 1.807) is 36.4 Å². The molecule has 2 saturated heterocycles. The van der Waals surface area contributed by atoms with Gasteiger partial charge in [-0.2, -0.15) is 0 Å². The highest BCUT2D eigenvalue weighted by molar-refractivity contribution is 6.46. The standard InChI is InChI=1S/C31H39N3O7/c1-3-4-16-40-24-10-11-25(21(2)19-24)29(36)27-28(22-6-8-23(9-7-22)41-20-26(32)35)34(31(38)30(27)37)13-5-12-33-14-17-39-18-15-33/h6-11,19,28,36H,3-5,12-18,20H2,1-2H3,(H2,32,35)/b29-27+. The Bertz CT molecular complexity index is 1270. The molecule has 0 aromatic heterocycles. The van der Waals surface area contributed by atoms with Crippen LogP contribution >= 0.6 is 0 Å². The molecule has 3 N–H and O–H groups in total. The van der Waals surface area contributed by atoms with Crippen molar-refractivity contribution in [3.63, 3.8) is 0 Å². The summed E-state index contributed by atoms with van der Waals surface area (Å²) < 4.78 is 16.6. The molecule has 41 heavy (non-hydrogen) atoms. The highest BCUT2D eigenvalue weighted by Crippen LogP contribution is 2.40. The number of Topliss-reactive ketones (excluding diaryl/α,β-unsaturated/α-hetero) is 1. The van der Waals surface area contributed by atoms with E-state index in [1.165, 1.54) is 4.90 Å². The lowest BCUT2D eigenvalue weighted by Crippen LogP contribution is -2.38. The first kappa shape index (κ1) is 30.1. The summed E-state index contributed by atoms with van der Waals surface area (Å²) in [4.78, 5) is 41.7. The lowest BCUT2D eigenvalue weighted by Gasteiger charge is -2.29. The highest BCUT2D eigenvalue weighted by Gasteiger charge is 2.46. The van der Waals surface area contributed by atoms with Crippen molar-refractivity contribution in [2.75, 3.05) is 52.6 Å². The van der Waals surface area contributed by atoms with Gasteiger partial charge in [0.1, 0.15) is 17.3 Å². The van der Waals surface area contributed by atoms with Crippen molar-refractivity contribution in [1.29, 1.82) is 0 Å². The monoisotopic (exact) mass is 565 g/mol. The minimum absolute atomic E-state index is 0.0370. The molecule has 0 aliphatic carbocycles. The minimum Gasteiger partial charge on any atom is -0.507 e. The van der Waals surface area contributed by atoms with Crippen LogP contribution in [0.1, 0.15) is 48.9 Å². The van der Waals surface area contributed by atoms with Crippen LogP contribution in [0.4, 0.5) is 0 Å². The van der Waals surface area contributed by atoms with Crippen LogP contribution in [0.25, 0.3) is 5.76 Å². The summed E-state index contributed by atoms with van der Waals surface area (Å²) in [5.74, 6) is -1.10. The number of aliphatic hydroxyl groups excluding tert-OH is 1. The maximum absolute atomic E-state index is 13.4. The number of likely N-dealkylation sites (tertiary alicyclic amines) is 1. The van der Waals surface area contributed by atoms with E-state index in [2.05, 4.69) is 11.8 Å². The van der Waals surface area contributed by atoms with E-state index < -0.39 is 23.6 Å². The van der Waals surface area contributed by atoms with Crippen LogP contribution in [-0.2, 0) is 19.1 Å². The van der Waals surface area contributed by atoms with E-state index >= 15 is 0 Å². The SMILES string of the molecule is CCCCOc1ccc(/C(O)=C2\C(=O)C(=O)N(CCCN3CCOCC3)C2c2ccc(OCC(N)=O)cc2)c(C)c1. The van der Waals surface area contributed by atoms with E-state index in [1.807, 2.05) is 13.0 Å². The maximum atomic E-state index is 13.4. The number of primary amides is 1. The number of morpholine rings is 1. The fraction of sp³-hybridized carbons (Fsp3) is 0.452. The van der Waals surface area contributed by atoms with Crippen molar-refractivity contribution in [3.05, 3.63) is 64.7 Å². The molecule has 0 bridgehead atoms. The number of hydrogen-bond donors (Lipinski definition) is 2. The first-order valence-corrected chi connectivity index (χ1v) is 14.1. The number of nitrogens with two attached hydrogens (primary N) is 1. The minimum atomic E-state index is -0.787. The molecule has 10 heteroatoms. The lowest BCUT2D eigenvalue weighted by molar-refractivity contribution is -0.140. The second kappa shape index (κ2) is 14.1. The highest BCUT2D eigenvalue weighted by atomic mass is 16.5. The van der Waals surface area contributed by atoms with Crippen LogP contribution in [0.5, 0.6) is 11.5 Å². The molecule has 0 saturated carbocycles. The number of rotatable bonds is 13. The number of carbonyl (C=O) groups is 3. The first-order valence-electron chi connectivity index (χ1n) is 14.1. The Kier molecular flexibility index (Phi) is 10.4. The summed E-state index contributed by atoms with van der Waals surface area (Å²) in [6.45, 7) is 8.36. The molecule has 0 spiro atoms. The summed E-state index contributed by atoms with van der Waals surface area (Å²) in [7, 11) is 0. The number of carbonyl (C=O) groups excluding carboxylic acids is 3. The number of aliphatic hydroxyl groups is 1. The molecular weight excluding hydrogens is 526 g/mol. The first-order chi connectivity index (χ1) is 19.8. The average Bonchev–Trinajstić information content (AvgIpc) is 3.22. The van der Waals surface area contributed by atoms with E-state index in [4.69, 9.17) is 19.9 Å². The second-order valence-corrected chi connectivity index (χ2v) is 10.3. The topological polar surface area (TPSA) is 132 Å². The predicted molar refractivity (Wildman–Crippen MR) is 154 cm³/mol. The number of benzene rings is 2. The zero-order chi connectivity index (χ0) is 29.4. The van der Waals surface area contributed by atoms with Crippen molar-refractivity contribution in [2.45, 2.75) is 39.2 Å². The fourth-order valence-corrected chi connectivity index (χ4v) is 5.12. The molecule has 1 unspecified atom stereocenters. The summed E-state index contributed by atoms with van der Waals surface area (Å²) in [5.41, 5.74) is 7.05. The van der Waals surface area contributed by atoms with Crippen molar-refractivity contribution >= 4 is 23.4 Å². The predicted octanol–water partition coefficient (Wildman–Crippen LogP) is 3.18. The molecule has 2 aromatic rings. The Morgan fingerprint density at radius 3 is 2.39 bits per heavy atom. The summed E-state index contributed by atoms with van der Waals surface area (Å²) >= 11 is 0. The fourth-order valence-electron chi connectivity index (χ4n) is 5.12. The van der Waals surface area contributed by atoms with Gasteiger partial charge >= 0.3 is 0 Å². The van der Waals surface area contributed by atoms with Gasteiger partial charge in [0.25, 0.3) is 17.6 Å². The Morgan fingerprint density at radius 2 is 1.73 bits per heavy atom. The molecule has 1 atom stereocenters. The second-order valence-electron chi connectivity index (χ2n) is 10.3. The number of ketones is 1. The molecule has 2 amide bonds. The van der Waals surface area contributed by atoms with Gasteiger partial charge in [0.2, 0.25) is 0 Å². The third-order valence-electron chi connectivity index (χ3n) is 7.31. The van der Waals surface area contributed by atoms with Crippen LogP contribution in [0, 0.1) is 6.92 Å². The van der Waals surface area contributed by atoms with Crippen LogP contribution < -0.4 is 15.2 Å². The van der Waals surface area contributed by atoms with Crippen LogP contribution in [-0.4, -0.2) is 85.1 Å². The normalized spacial score (nSPS) is 19.0. The summed E-state index contributed by atoms with van der Waals surface area (Å²) in [5, 5.41) is 11.5. The van der Waals surface area contributed by atoms with Crippen molar-refractivity contribution in [3.8, 4) is 11.5 Å². The maximum Gasteiger partial charge on any atom is 0.295 e. The van der Waals surface area contributed by atoms with Gasteiger partial charge in [0.15, 0.2) is 6.61 Å². The smallest absolute Gasteiger partial charge is 0.295 e. The zero-order valence-corrected chi connectivity index (χ0v) is 23.8. The van der Waals surface area contributed by atoms with Gasteiger partial charge in [-0.15, -0.1) is 0 Å². The van der Waals surface area contributed by atoms with E-state index in [-0.39, 0.29) is 17.9 Å². The van der Waals surface area contributed by atoms with Crippen LogP contribution in [0.15, 0.2) is 48.0 Å². The van der Waals surface area contributed by atoms with Crippen LogP contribution in [0.3, 0.4) is 0 Å². The molecule has 2 aliphatic heterocycles. The molecular formula is C31H39N3O7. The number of amides is 2. The molecule has 2 fully saturated rings. The van der Waals surface area contributed by atoms with Crippen molar-refractivity contribution < 1.29 is 33.7 Å². The van der Waals surface area contributed by atoms with Gasteiger partial charge in [-0.3, -0.25) is 19.3 Å². The third-order valence-corrected chi connectivity index (χ3v) is 7.31. The van der Waals surface area contributed by atoms with Gasteiger partial charge in [-0.05, 0) is 61.2 Å². The van der Waals surface area contributed by atoms with Gasteiger partial charge in [0.05, 0.1) is 31.4 Å². The quantitative estimate of drug-likeness (QED) is 0.164. The zero-order valence-electron chi connectivity index (χ0n) is 23.8. The van der Waals surface area contributed by atoms with E-state index in [0.717, 1.165) is 38.0 Å².